The van der Waals surface area contributed by atoms with Crippen LogP contribution in [0.3, 0.4) is 0 Å². The Hall–Kier alpha value is -3.55. The zero-order chi connectivity index (χ0) is 21.0. The van der Waals surface area contributed by atoms with E-state index in [4.69, 9.17) is 14.2 Å². The SMILES string of the molecule is COc1ccc(NC(=O)[C@H](C)OC(=O)[C@@H]2CN(C(C)=O)c3ccccc3O2)cc1. The molecule has 29 heavy (non-hydrogen) atoms. The molecular formula is C21H22N2O6. The van der Waals surface area contributed by atoms with Gasteiger partial charge in [-0.15, -0.1) is 0 Å². The monoisotopic (exact) mass is 398 g/mol. The number of fused-ring (bicyclic) bond motifs is 1. The molecule has 152 valence electrons. The summed E-state index contributed by atoms with van der Waals surface area (Å²) in [5, 5.41) is 2.67. The Balaban J connectivity index is 1.63. The van der Waals surface area contributed by atoms with E-state index >= 15 is 0 Å². The van der Waals surface area contributed by atoms with Crippen molar-refractivity contribution in [3.63, 3.8) is 0 Å². The number of carbonyl (C=O) groups excluding carboxylic acids is 3. The number of amides is 2. The third-order valence-corrected chi connectivity index (χ3v) is 4.44. The number of esters is 1. The van der Waals surface area contributed by atoms with Gasteiger partial charge < -0.3 is 24.4 Å². The molecule has 8 heteroatoms. The topological polar surface area (TPSA) is 94.2 Å². The van der Waals surface area contributed by atoms with Crippen molar-refractivity contribution in [3.8, 4) is 11.5 Å². The first-order chi connectivity index (χ1) is 13.9. The molecule has 0 saturated heterocycles. The Morgan fingerprint density at radius 2 is 1.83 bits per heavy atom. The molecule has 2 amide bonds. The number of nitrogens with one attached hydrogen (secondary N) is 1. The number of nitrogens with zero attached hydrogens (tertiary/aromatic N) is 1. The number of methoxy groups -OCH3 is 1. The molecule has 2 aromatic carbocycles. The van der Waals surface area contributed by atoms with Gasteiger partial charge in [0.15, 0.2) is 6.10 Å². The van der Waals surface area contributed by atoms with Crippen LogP contribution < -0.4 is 19.7 Å². The van der Waals surface area contributed by atoms with Crippen molar-refractivity contribution in [2.24, 2.45) is 0 Å². The highest BCUT2D eigenvalue weighted by Gasteiger charge is 2.35. The first kappa shape index (κ1) is 20.2. The summed E-state index contributed by atoms with van der Waals surface area (Å²) < 4.78 is 16.0. The minimum absolute atomic E-state index is 0.0119. The fourth-order valence-corrected chi connectivity index (χ4v) is 2.88. The number of hydrogen-bond acceptors (Lipinski definition) is 6. The molecule has 0 spiro atoms. The molecule has 0 radical (unpaired) electrons. The summed E-state index contributed by atoms with van der Waals surface area (Å²) in [6.07, 6.45) is -2.07. The van der Waals surface area contributed by atoms with Crippen LogP contribution in [0.5, 0.6) is 11.5 Å². The third kappa shape index (κ3) is 4.66. The quantitative estimate of drug-likeness (QED) is 0.778. The minimum Gasteiger partial charge on any atom is -0.497 e. The lowest BCUT2D eigenvalue weighted by Gasteiger charge is -2.33. The predicted molar refractivity (Wildman–Crippen MR) is 106 cm³/mol. The second kappa shape index (κ2) is 8.64. The van der Waals surface area contributed by atoms with Gasteiger partial charge >= 0.3 is 5.97 Å². The van der Waals surface area contributed by atoms with Crippen molar-refractivity contribution in [1.29, 1.82) is 0 Å². The first-order valence-corrected chi connectivity index (χ1v) is 9.08. The molecule has 0 saturated carbocycles. The van der Waals surface area contributed by atoms with Gasteiger partial charge in [0, 0.05) is 12.6 Å². The molecular weight excluding hydrogens is 376 g/mol. The second-order valence-electron chi connectivity index (χ2n) is 6.50. The van der Waals surface area contributed by atoms with Gasteiger partial charge in [0.1, 0.15) is 11.5 Å². The predicted octanol–water partition coefficient (Wildman–Crippen LogP) is 2.38. The van der Waals surface area contributed by atoms with Crippen molar-refractivity contribution >= 4 is 29.2 Å². The fraction of sp³-hybridized carbons (Fsp3) is 0.286. The van der Waals surface area contributed by atoms with Crippen LogP contribution in [0.25, 0.3) is 0 Å². The van der Waals surface area contributed by atoms with Gasteiger partial charge in [-0.3, -0.25) is 9.59 Å². The molecule has 3 rings (SSSR count). The zero-order valence-electron chi connectivity index (χ0n) is 16.4. The van der Waals surface area contributed by atoms with E-state index < -0.39 is 24.1 Å². The van der Waals surface area contributed by atoms with E-state index in [0.717, 1.165) is 0 Å². The Bertz CT molecular complexity index is 912. The molecule has 0 aromatic heterocycles. The summed E-state index contributed by atoms with van der Waals surface area (Å²) in [6, 6.07) is 13.7. The van der Waals surface area contributed by atoms with E-state index in [1.165, 1.54) is 18.7 Å². The van der Waals surface area contributed by atoms with E-state index in [0.29, 0.717) is 22.9 Å². The maximum atomic E-state index is 12.5. The first-order valence-electron chi connectivity index (χ1n) is 9.08. The summed E-state index contributed by atoms with van der Waals surface area (Å²) in [4.78, 5) is 38.3. The van der Waals surface area contributed by atoms with Gasteiger partial charge in [0.05, 0.1) is 19.3 Å². The van der Waals surface area contributed by atoms with Gasteiger partial charge in [-0.1, -0.05) is 12.1 Å². The lowest BCUT2D eigenvalue weighted by molar-refractivity contribution is -0.160. The maximum Gasteiger partial charge on any atom is 0.350 e. The normalized spacial score (nSPS) is 16.1. The molecule has 1 aliphatic heterocycles. The van der Waals surface area contributed by atoms with Crippen LogP contribution in [0, 0.1) is 0 Å². The second-order valence-corrected chi connectivity index (χ2v) is 6.50. The van der Waals surface area contributed by atoms with Crippen molar-refractivity contribution in [1.82, 2.24) is 0 Å². The van der Waals surface area contributed by atoms with Crippen LogP contribution in [0.4, 0.5) is 11.4 Å². The maximum absolute atomic E-state index is 12.5. The molecule has 0 fully saturated rings. The van der Waals surface area contributed by atoms with Gasteiger partial charge in [-0.25, -0.2) is 4.79 Å². The minimum atomic E-state index is -1.05. The summed E-state index contributed by atoms with van der Waals surface area (Å²) in [6.45, 7) is 2.89. The van der Waals surface area contributed by atoms with E-state index in [-0.39, 0.29) is 12.5 Å². The van der Waals surface area contributed by atoms with Crippen LogP contribution in [0.2, 0.25) is 0 Å². The smallest absolute Gasteiger partial charge is 0.350 e. The van der Waals surface area contributed by atoms with Crippen LogP contribution in [-0.4, -0.2) is 43.6 Å². The lowest BCUT2D eigenvalue weighted by Crippen LogP contribution is -2.48. The number of para-hydroxylation sites is 2. The van der Waals surface area contributed by atoms with Crippen molar-refractivity contribution < 1.29 is 28.6 Å². The third-order valence-electron chi connectivity index (χ3n) is 4.44. The van der Waals surface area contributed by atoms with Gasteiger partial charge in [0.25, 0.3) is 5.91 Å². The lowest BCUT2D eigenvalue weighted by atomic mass is 10.2. The summed E-state index contributed by atoms with van der Waals surface area (Å²) in [5.41, 5.74) is 1.14. The Labute approximate surface area is 168 Å². The molecule has 8 nitrogen and oxygen atoms in total. The summed E-state index contributed by atoms with van der Waals surface area (Å²) >= 11 is 0. The van der Waals surface area contributed by atoms with Crippen molar-refractivity contribution in [3.05, 3.63) is 48.5 Å². The van der Waals surface area contributed by atoms with Crippen LogP contribution >= 0.6 is 0 Å². The highest BCUT2D eigenvalue weighted by atomic mass is 16.6. The summed E-state index contributed by atoms with van der Waals surface area (Å²) in [7, 11) is 1.55. The Morgan fingerprint density at radius 1 is 1.14 bits per heavy atom. The molecule has 0 bridgehead atoms. The van der Waals surface area contributed by atoms with Crippen LogP contribution in [0.1, 0.15) is 13.8 Å². The number of benzene rings is 2. The largest absolute Gasteiger partial charge is 0.497 e. The number of ether oxygens (including phenoxy) is 3. The number of anilines is 2. The number of carbonyl (C=O) groups is 3. The van der Waals surface area contributed by atoms with Crippen molar-refractivity contribution in [2.75, 3.05) is 23.9 Å². The molecule has 0 aliphatic carbocycles. The van der Waals surface area contributed by atoms with Gasteiger partial charge in [-0.05, 0) is 43.3 Å². The summed E-state index contributed by atoms with van der Waals surface area (Å²) in [5.74, 6) is -0.353. The zero-order valence-corrected chi connectivity index (χ0v) is 16.4. The van der Waals surface area contributed by atoms with Gasteiger partial charge in [0.2, 0.25) is 12.0 Å². The highest BCUT2D eigenvalue weighted by molar-refractivity contribution is 5.97. The Kier molecular flexibility index (Phi) is 6.01. The average molecular weight is 398 g/mol. The van der Waals surface area contributed by atoms with E-state index in [9.17, 15) is 14.4 Å². The van der Waals surface area contributed by atoms with E-state index in [1.54, 1.807) is 55.6 Å². The highest BCUT2D eigenvalue weighted by Crippen LogP contribution is 2.33. The standard InChI is InChI=1S/C21H22N2O6/c1-13(20(25)22-15-8-10-16(27-3)11-9-15)28-21(26)19-12-23(14(2)24)17-6-4-5-7-18(17)29-19/h4-11,13,19H,12H2,1-3H3,(H,22,25)/t13-,19-/m0/s1. The van der Waals surface area contributed by atoms with E-state index in [1.807, 2.05) is 0 Å². The molecule has 0 unspecified atom stereocenters. The van der Waals surface area contributed by atoms with Crippen molar-refractivity contribution in [2.45, 2.75) is 26.1 Å². The van der Waals surface area contributed by atoms with Gasteiger partial charge in [-0.2, -0.15) is 0 Å². The van der Waals surface area contributed by atoms with Crippen LogP contribution in [-0.2, 0) is 19.1 Å². The van der Waals surface area contributed by atoms with Crippen LogP contribution in [0.15, 0.2) is 48.5 Å². The van der Waals surface area contributed by atoms with E-state index in [2.05, 4.69) is 5.32 Å². The number of hydrogen-bond donors (Lipinski definition) is 1. The molecule has 2 aromatic rings. The number of rotatable bonds is 5. The average Bonchev–Trinajstić information content (AvgIpc) is 2.73. The molecule has 1 aliphatic rings. The fourth-order valence-electron chi connectivity index (χ4n) is 2.88. The molecule has 2 atom stereocenters. The molecule has 1 N–H and O–H groups in total. The molecule has 1 heterocycles. The Morgan fingerprint density at radius 3 is 2.48 bits per heavy atom.